The maximum atomic E-state index is 14.6. The first-order valence-electron chi connectivity index (χ1n) is 12.3. The summed E-state index contributed by atoms with van der Waals surface area (Å²) in [7, 11) is 0. The predicted molar refractivity (Wildman–Crippen MR) is 114 cm³/mol. The lowest BCUT2D eigenvalue weighted by Gasteiger charge is -2.41. The van der Waals surface area contributed by atoms with Crippen molar-refractivity contribution in [2.45, 2.75) is 97.0 Å². The average molecular weight is 423 g/mol. The van der Waals surface area contributed by atoms with Crippen LogP contribution in [-0.2, 0) is 12.8 Å². The normalized spacial score (nSPS) is 32.1. The number of ether oxygens (including phenoxy) is 1. The Hall–Kier alpha value is -1.19. The lowest BCUT2D eigenvalue weighted by atomic mass is 9.65. The third kappa shape index (κ3) is 4.99. The van der Waals surface area contributed by atoms with E-state index in [0.717, 1.165) is 42.1 Å². The first-order chi connectivity index (χ1) is 14.5. The minimum atomic E-state index is -2.98. The van der Waals surface area contributed by atoms with Crippen LogP contribution >= 0.6 is 0 Å². The summed E-state index contributed by atoms with van der Waals surface area (Å²) in [6.07, 6.45) is 16.4. The molecular weight excluding hydrogens is 385 g/mol. The molecule has 0 heterocycles. The smallest absolute Gasteiger partial charge is 0.387 e. The molecule has 0 bridgehead atoms. The molecule has 4 heteroatoms. The van der Waals surface area contributed by atoms with Crippen molar-refractivity contribution in [3.05, 3.63) is 29.1 Å². The van der Waals surface area contributed by atoms with E-state index in [4.69, 9.17) is 0 Å². The van der Waals surface area contributed by atoms with Crippen LogP contribution in [0.4, 0.5) is 13.2 Å². The Bertz CT molecular complexity index is 688. The summed E-state index contributed by atoms with van der Waals surface area (Å²) in [5, 5.41) is 0. The van der Waals surface area contributed by atoms with E-state index in [-0.39, 0.29) is 5.75 Å². The number of fused-ring (bicyclic) bond motifs is 1. The molecule has 0 aromatic heterocycles. The third-order valence-electron chi connectivity index (χ3n) is 8.51. The SMILES string of the molecule is CCCC1CCC(C2CCC(C3CCc4c(ccc(OC(F)F)c4F)C3)CC2)CC1. The van der Waals surface area contributed by atoms with Crippen molar-refractivity contribution >= 4 is 0 Å². The van der Waals surface area contributed by atoms with Crippen molar-refractivity contribution in [3.63, 3.8) is 0 Å². The van der Waals surface area contributed by atoms with Gasteiger partial charge >= 0.3 is 6.61 Å². The first kappa shape index (κ1) is 22.0. The van der Waals surface area contributed by atoms with E-state index in [1.54, 1.807) is 0 Å². The molecule has 1 aromatic carbocycles. The highest BCUT2D eigenvalue weighted by Gasteiger charge is 2.35. The van der Waals surface area contributed by atoms with Crippen molar-refractivity contribution in [2.24, 2.45) is 29.6 Å². The Kier molecular flexibility index (Phi) is 7.31. The summed E-state index contributed by atoms with van der Waals surface area (Å²) >= 11 is 0. The Labute approximate surface area is 179 Å². The quantitative estimate of drug-likeness (QED) is 0.452. The highest BCUT2D eigenvalue weighted by atomic mass is 19.3. The lowest BCUT2D eigenvalue weighted by Crippen LogP contribution is -2.30. The van der Waals surface area contributed by atoms with Crippen molar-refractivity contribution in [1.82, 2.24) is 0 Å². The number of halogens is 3. The van der Waals surface area contributed by atoms with E-state index in [2.05, 4.69) is 11.7 Å². The molecule has 1 atom stereocenters. The van der Waals surface area contributed by atoms with Crippen LogP contribution in [0.1, 0.15) is 88.7 Å². The summed E-state index contributed by atoms with van der Waals surface area (Å²) < 4.78 is 43.8. The number of benzene rings is 1. The summed E-state index contributed by atoms with van der Waals surface area (Å²) in [6.45, 7) is -0.674. The van der Waals surface area contributed by atoms with E-state index in [0.29, 0.717) is 17.9 Å². The van der Waals surface area contributed by atoms with Gasteiger partial charge in [0.1, 0.15) is 0 Å². The highest BCUT2D eigenvalue weighted by molar-refractivity contribution is 5.39. The van der Waals surface area contributed by atoms with Crippen molar-refractivity contribution in [1.29, 1.82) is 0 Å². The topological polar surface area (TPSA) is 9.23 Å². The van der Waals surface area contributed by atoms with E-state index < -0.39 is 12.4 Å². The molecule has 1 unspecified atom stereocenters. The Balaban J connectivity index is 1.29. The minimum Gasteiger partial charge on any atom is -0.432 e. The molecule has 30 heavy (non-hydrogen) atoms. The molecule has 4 rings (SSSR count). The van der Waals surface area contributed by atoms with E-state index in [1.807, 2.05) is 6.07 Å². The third-order valence-corrected chi connectivity index (χ3v) is 8.51. The zero-order valence-corrected chi connectivity index (χ0v) is 18.4. The van der Waals surface area contributed by atoms with Gasteiger partial charge in [-0.05, 0) is 105 Å². The minimum absolute atomic E-state index is 0.309. The number of alkyl halides is 2. The average Bonchev–Trinajstić information content (AvgIpc) is 2.76. The van der Waals surface area contributed by atoms with E-state index in [9.17, 15) is 13.2 Å². The largest absolute Gasteiger partial charge is 0.432 e. The lowest BCUT2D eigenvalue weighted by molar-refractivity contribution is -0.0523. The van der Waals surface area contributed by atoms with Gasteiger partial charge in [0.15, 0.2) is 11.6 Å². The van der Waals surface area contributed by atoms with Gasteiger partial charge in [-0.15, -0.1) is 0 Å². The van der Waals surface area contributed by atoms with Gasteiger partial charge in [-0.3, -0.25) is 0 Å². The first-order valence-corrected chi connectivity index (χ1v) is 12.3. The van der Waals surface area contributed by atoms with E-state index >= 15 is 0 Å². The van der Waals surface area contributed by atoms with Crippen LogP contribution in [0.15, 0.2) is 12.1 Å². The number of hydrogen-bond acceptors (Lipinski definition) is 1. The second kappa shape index (κ2) is 9.96. The molecule has 168 valence electrons. The Morgan fingerprint density at radius 1 is 0.867 bits per heavy atom. The van der Waals surface area contributed by atoms with Gasteiger partial charge in [0.25, 0.3) is 0 Å². The molecular formula is C26H37F3O. The van der Waals surface area contributed by atoms with Gasteiger partial charge < -0.3 is 4.74 Å². The van der Waals surface area contributed by atoms with Gasteiger partial charge in [-0.25, -0.2) is 4.39 Å². The fourth-order valence-electron chi connectivity index (χ4n) is 6.85. The molecule has 0 N–H and O–H groups in total. The summed E-state index contributed by atoms with van der Waals surface area (Å²) in [6, 6.07) is 3.19. The summed E-state index contributed by atoms with van der Waals surface area (Å²) in [5.74, 6) is 3.33. The maximum absolute atomic E-state index is 14.6. The van der Waals surface area contributed by atoms with Gasteiger partial charge in [-0.1, -0.05) is 38.7 Å². The zero-order valence-electron chi connectivity index (χ0n) is 18.4. The number of rotatable bonds is 6. The molecule has 0 spiro atoms. The highest BCUT2D eigenvalue weighted by Crippen LogP contribution is 2.46. The summed E-state index contributed by atoms with van der Waals surface area (Å²) in [5.41, 5.74) is 1.60. The molecule has 3 aliphatic carbocycles. The van der Waals surface area contributed by atoms with Crippen LogP contribution in [0.2, 0.25) is 0 Å². The van der Waals surface area contributed by atoms with Crippen LogP contribution in [0.25, 0.3) is 0 Å². The fourth-order valence-corrected chi connectivity index (χ4v) is 6.85. The van der Waals surface area contributed by atoms with Crippen LogP contribution in [0.5, 0.6) is 5.75 Å². The second-order valence-corrected chi connectivity index (χ2v) is 10.1. The number of hydrogen-bond donors (Lipinski definition) is 0. The molecule has 0 amide bonds. The van der Waals surface area contributed by atoms with Gasteiger partial charge in [0.05, 0.1) is 0 Å². The molecule has 2 saturated carbocycles. The predicted octanol–water partition coefficient (Wildman–Crippen LogP) is 7.94. The van der Waals surface area contributed by atoms with Crippen molar-refractivity contribution < 1.29 is 17.9 Å². The Morgan fingerprint density at radius 3 is 2.07 bits per heavy atom. The monoisotopic (exact) mass is 422 g/mol. The molecule has 1 aromatic rings. The molecule has 0 saturated heterocycles. The molecule has 0 aliphatic heterocycles. The van der Waals surface area contributed by atoms with Gasteiger partial charge in [0.2, 0.25) is 0 Å². The van der Waals surface area contributed by atoms with Crippen molar-refractivity contribution in [2.75, 3.05) is 0 Å². The fraction of sp³-hybridized carbons (Fsp3) is 0.769. The molecule has 2 fully saturated rings. The van der Waals surface area contributed by atoms with Crippen LogP contribution in [0, 0.1) is 35.4 Å². The molecule has 0 radical (unpaired) electrons. The van der Waals surface area contributed by atoms with E-state index in [1.165, 1.54) is 70.3 Å². The van der Waals surface area contributed by atoms with Gasteiger partial charge in [-0.2, -0.15) is 8.78 Å². The van der Waals surface area contributed by atoms with Crippen LogP contribution in [0.3, 0.4) is 0 Å². The molecule has 3 aliphatic rings. The van der Waals surface area contributed by atoms with Crippen LogP contribution in [-0.4, -0.2) is 6.61 Å². The van der Waals surface area contributed by atoms with Crippen LogP contribution < -0.4 is 4.74 Å². The standard InChI is InChI=1S/C26H37F3O/c1-2-3-17-4-6-18(7-5-17)19-8-10-20(11-9-19)21-12-14-23-22(16-21)13-15-24(25(23)27)30-26(28)29/h13,15,17-21,26H,2-12,14,16H2,1H3. The second-order valence-electron chi connectivity index (χ2n) is 10.1. The summed E-state index contributed by atoms with van der Waals surface area (Å²) in [4.78, 5) is 0. The van der Waals surface area contributed by atoms with Crippen molar-refractivity contribution in [3.8, 4) is 5.75 Å². The Morgan fingerprint density at radius 2 is 1.47 bits per heavy atom. The zero-order chi connectivity index (χ0) is 21.1. The van der Waals surface area contributed by atoms with Gasteiger partial charge in [0, 0.05) is 0 Å². The molecule has 1 nitrogen and oxygen atoms in total. The maximum Gasteiger partial charge on any atom is 0.387 e.